The second-order valence-electron chi connectivity index (χ2n) is 5.25. The van der Waals surface area contributed by atoms with Gasteiger partial charge in [0.25, 0.3) is 0 Å². The molecule has 0 aliphatic heterocycles. The largest absolute Gasteiger partial charge is 0.465 e. The molecule has 2 rings (SSSR count). The number of carbonyl (C=O) groups is 1. The molecule has 7 heteroatoms. The Hall–Kier alpha value is -2.12. The van der Waals surface area contributed by atoms with E-state index < -0.39 is 16.0 Å². The van der Waals surface area contributed by atoms with Gasteiger partial charge in [0.05, 0.1) is 24.1 Å². The number of hydrogen-bond acceptors (Lipinski definition) is 5. The summed E-state index contributed by atoms with van der Waals surface area (Å²) in [5.74, 6) is 0.691. The molecule has 0 saturated heterocycles. The third kappa shape index (κ3) is 3.62. The second kappa shape index (κ2) is 6.55. The predicted molar refractivity (Wildman–Crippen MR) is 84.6 cm³/mol. The van der Waals surface area contributed by atoms with Crippen molar-refractivity contribution in [2.24, 2.45) is 0 Å². The number of methoxy groups -OCH3 is 1. The number of benzene rings is 1. The summed E-state index contributed by atoms with van der Waals surface area (Å²) in [4.78, 5) is 11.7. The highest BCUT2D eigenvalue weighted by Gasteiger charge is 2.25. The van der Waals surface area contributed by atoms with Gasteiger partial charge in [-0.25, -0.2) is 13.2 Å². The summed E-state index contributed by atoms with van der Waals surface area (Å²) in [7, 11) is -1.04. The fourth-order valence-corrected chi connectivity index (χ4v) is 3.55. The van der Waals surface area contributed by atoms with E-state index in [1.165, 1.54) is 30.6 Å². The van der Waals surface area contributed by atoms with Gasteiger partial charge < -0.3 is 9.15 Å². The molecule has 124 valence electrons. The minimum Gasteiger partial charge on any atom is -0.465 e. The molecule has 0 N–H and O–H groups in total. The molecule has 1 heterocycles. The molecule has 0 aliphatic carbocycles. The summed E-state index contributed by atoms with van der Waals surface area (Å²) in [5.41, 5.74) is 0.749. The number of aryl methyl sites for hydroxylation is 2. The Morgan fingerprint density at radius 1 is 1.22 bits per heavy atom. The van der Waals surface area contributed by atoms with Crippen LogP contribution in [0.4, 0.5) is 0 Å². The first-order valence-electron chi connectivity index (χ1n) is 6.96. The van der Waals surface area contributed by atoms with Gasteiger partial charge in [-0.15, -0.1) is 0 Å². The number of ether oxygens (including phenoxy) is 1. The van der Waals surface area contributed by atoms with Crippen LogP contribution in [0, 0.1) is 13.8 Å². The van der Waals surface area contributed by atoms with E-state index in [1.54, 1.807) is 32.0 Å². The molecular weight excluding hydrogens is 318 g/mol. The number of esters is 1. The van der Waals surface area contributed by atoms with Crippen molar-refractivity contribution in [3.8, 4) is 0 Å². The van der Waals surface area contributed by atoms with Gasteiger partial charge in [-0.3, -0.25) is 0 Å². The third-order valence-corrected chi connectivity index (χ3v) is 5.42. The molecule has 0 saturated carbocycles. The fraction of sp³-hybridized carbons (Fsp3) is 0.312. The molecular formula is C16H19NO5S. The maximum absolute atomic E-state index is 12.8. The van der Waals surface area contributed by atoms with Crippen molar-refractivity contribution in [3.63, 3.8) is 0 Å². The molecule has 6 nitrogen and oxygen atoms in total. The Balaban J connectivity index is 2.36. The van der Waals surface area contributed by atoms with Gasteiger partial charge in [-0.2, -0.15) is 4.31 Å². The van der Waals surface area contributed by atoms with Crippen LogP contribution in [-0.2, 0) is 21.3 Å². The van der Waals surface area contributed by atoms with E-state index in [-0.39, 0.29) is 17.0 Å². The first-order valence-corrected chi connectivity index (χ1v) is 8.40. The molecule has 2 aromatic rings. The monoisotopic (exact) mass is 337 g/mol. The summed E-state index contributed by atoms with van der Waals surface area (Å²) in [6.07, 6.45) is 0. The zero-order valence-electron chi connectivity index (χ0n) is 13.5. The van der Waals surface area contributed by atoms with Crippen molar-refractivity contribution in [1.29, 1.82) is 0 Å². The van der Waals surface area contributed by atoms with Gasteiger partial charge in [-0.05, 0) is 43.7 Å². The molecule has 0 aliphatic rings. The number of nitrogens with zero attached hydrogens (tertiary/aromatic N) is 1. The first kappa shape index (κ1) is 17.2. The van der Waals surface area contributed by atoms with Gasteiger partial charge in [0.2, 0.25) is 10.0 Å². The minimum atomic E-state index is -3.76. The lowest BCUT2D eigenvalue weighted by Crippen LogP contribution is -2.27. The summed E-state index contributed by atoms with van der Waals surface area (Å²) >= 11 is 0. The number of sulfonamides is 1. The van der Waals surface area contributed by atoms with Crippen molar-refractivity contribution < 1.29 is 22.4 Å². The Kier molecular flexibility index (Phi) is 4.91. The van der Waals surface area contributed by atoms with Gasteiger partial charge in [0.1, 0.15) is 11.5 Å². The topological polar surface area (TPSA) is 76.8 Å². The normalized spacial score (nSPS) is 11.7. The standard InChI is InChI=1S/C16H19NO5S/c1-11-5-7-13(16(18)21-4)9-15(11)23(19,20)17(3)10-14-8-6-12(2)22-14/h5-9H,10H2,1-4H3. The van der Waals surface area contributed by atoms with E-state index in [9.17, 15) is 13.2 Å². The van der Waals surface area contributed by atoms with E-state index in [0.29, 0.717) is 11.3 Å². The average molecular weight is 337 g/mol. The first-order chi connectivity index (χ1) is 10.8. The zero-order chi connectivity index (χ0) is 17.2. The maximum atomic E-state index is 12.8. The van der Waals surface area contributed by atoms with E-state index >= 15 is 0 Å². The van der Waals surface area contributed by atoms with Crippen LogP contribution >= 0.6 is 0 Å². The van der Waals surface area contributed by atoms with Crippen molar-refractivity contribution in [3.05, 3.63) is 53.0 Å². The Morgan fingerprint density at radius 2 is 1.91 bits per heavy atom. The lowest BCUT2D eigenvalue weighted by atomic mass is 10.1. The lowest BCUT2D eigenvalue weighted by Gasteiger charge is -2.18. The fourth-order valence-electron chi connectivity index (χ4n) is 2.17. The second-order valence-corrected chi connectivity index (χ2v) is 7.26. The van der Waals surface area contributed by atoms with Crippen LogP contribution in [0.3, 0.4) is 0 Å². The minimum absolute atomic E-state index is 0.0752. The van der Waals surface area contributed by atoms with Crippen molar-refractivity contribution >= 4 is 16.0 Å². The molecule has 1 aromatic carbocycles. The Bertz CT molecular complexity index is 823. The summed E-state index contributed by atoms with van der Waals surface area (Å²) in [5, 5.41) is 0. The van der Waals surface area contributed by atoms with Gasteiger partial charge in [0.15, 0.2) is 0 Å². The number of hydrogen-bond donors (Lipinski definition) is 0. The van der Waals surface area contributed by atoms with Crippen LogP contribution in [0.25, 0.3) is 0 Å². The number of carbonyl (C=O) groups excluding carboxylic acids is 1. The van der Waals surface area contributed by atoms with Gasteiger partial charge in [-0.1, -0.05) is 6.07 Å². The quantitative estimate of drug-likeness (QED) is 0.784. The molecule has 0 amide bonds. The maximum Gasteiger partial charge on any atom is 0.337 e. The third-order valence-electron chi connectivity index (χ3n) is 3.47. The van der Waals surface area contributed by atoms with Crippen LogP contribution in [0.2, 0.25) is 0 Å². The SMILES string of the molecule is COC(=O)c1ccc(C)c(S(=O)(=O)N(C)Cc2ccc(C)o2)c1. The van der Waals surface area contributed by atoms with Crippen LogP contribution in [0.1, 0.15) is 27.4 Å². The van der Waals surface area contributed by atoms with Crippen molar-refractivity contribution in [2.75, 3.05) is 14.2 Å². The summed E-state index contributed by atoms with van der Waals surface area (Å²) in [6.45, 7) is 3.58. The molecule has 0 radical (unpaired) electrons. The van der Waals surface area contributed by atoms with Crippen LogP contribution in [-0.4, -0.2) is 32.8 Å². The zero-order valence-corrected chi connectivity index (χ0v) is 14.3. The predicted octanol–water partition coefficient (Wildman–Crippen LogP) is 2.50. The van der Waals surface area contributed by atoms with E-state index in [4.69, 9.17) is 4.42 Å². The van der Waals surface area contributed by atoms with Crippen molar-refractivity contribution in [2.45, 2.75) is 25.3 Å². The Morgan fingerprint density at radius 3 is 2.48 bits per heavy atom. The molecule has 0 bridgehead atoms. The highest BCUT2D eigenvalue weighted by Crippen LogP contribution is 2.22. The highest BCUT2D eigenvalue weighted by atomic mass is 32.2. The highest BCUT2D eigenvalue weighted by molar-refractivity contribution is 7.89. The van der Waals surface area contributed by atoms with Crippen molar-refractivity contribution in [1.82, 2.24) is 4.31 Å². The number of rotatable bonds is 5. The average Bonchev–Trinajstić information content (AvgIpc) is 2.91. The van der Waals surface area contributed by atoms with E-state index in [0.717, 1.165) is 5.76 Å². The summed E-state index contributed by atoms with van der Waals surface area (Å²) < 4.78 is 36.8. The molecule has 0 atom stereocenters. The molecule has 0 spiro atoms. The van der Waals surface area contributed by atoms with Crippen LogP contribution in [0.5, 0.6) is 0 Å². The molecule has 1 aromatic heterocycles. The van der Waals surface area contributed by atoms with Gasteiger partial charge in [0, 0.05) is 7.05 Å². The van der Waals surface area contributed by atoms with Crippen LogP contribution in [0.15, 0.2) is 39.6 Å². The molecule has 0 fully saturated rings. The number of furan rings is 1. The Labute approximate surface area is 135 Å². The smallest absolute Gasteiger partial charge is 0.337 e. The molecule has 0 unspecified atom stereocenters. The van der Waals surface area contributed by atoms with Gasteiger partial charge >= 0.3 is 5.97 Å². The lowest BCUT2D eigenvalue weighted by molar-refractivity contribution is 0.0600. The van der Waals surface area contributed by atoms with E-state index in [1.807, 2.05) is 0 Å². The molecule has 23 heavy (non-hydrogen) atoms. The van der Waals surface area contributed by atoms with E-state index in [2.05, 4.69) is 4.74 Å². The van der Waals surface area contributed by atoms with Crippen LogP contribution < -0.4 is 0 Å². The summed E-state index contributed by atoms with van der Waals surface area (Å²) in [6, 6.07) is 7.97.